The third-order valence-corrected chi connectivity index (χ3v) is 5.10. The first-order chi connectivity index (χ1) is 14.2. The van der Waals surface area contributed by atoms with Crippen LogP contribution in [0.2, 0.25) is 0 Å². The van der Waals surface area contributed by atoms with Gasteiger partial charge in [-0.25, -0.2) is 9.97 Å². The normalized spacial score (nSPS) is 16.6. The maximum Gasteiger partial charge on any atom is 0.261 e. The summed E-state index contributed by atoms with van der Waals surface area (Å²) in [6.45, 7) is 1.31. The smallest absolute Gasteiger partial charge is 0.261 e. The molecule has 10 heteroatoms. The lowest BCUT2D eigenvalue weighted by Crippen LogP contribution is -2.40. The fourth-order valence-electron chi connectivity index (χ4n) is 3.69. The van der Waals surface area contributed by atoms with Crippen LogP contribution in [0.25, 0.3) is 16.6 Å². The van der Waals surface area contributed by atoms with E-state index in [-0.39, 0.29) is 24.1 Å². The fourth-order valence-corrected chi connectivity index (χ4v) is 3.69. The van der Waals surface area contributed by atoms with E-state index in [4.69, 9.17) is 0 Å². The number of amides is 1. The van der Waals surface area contributed by atoms with Crippen LogP contribution in [-0.2, 0) is 11.3 Å². The summed E-state index contributed by atoms with van der Waals surface area (Å²) < 4.78 is 3.15. The van der Waals surface area contributed by atoms with E-state index in [1.54, 1.807) is 36.9 Å². The molecule has 1 fully saturated rings. The van der Waals surface area contributed by atoms with Crippen LogP contribution in [0.15, 0.2) is 54.1 Å². The van der Waals surface area contributed by atoms with Crippen LogP contribution in [-0.4, -0.2) is 54.2 Å². The van der Waals surface area contributed by atoms with E-state index in [9.17, 15) is 9.59 Å². The number of carbonyl (C=O) groups is 1. The molecule has 0 bridgehead atoms. The molecule has 146 valence electrons. The highest BCUT2D eigenvalue weighted by atomic mass is 16.2. The van der Waals surface area contributed by atoms with E-state index in [0.717, 1.165) is 18.8 Å². The zero-order chi connectivity index (χ0) is 19.8. The topological polar surface area (TPSA) is 110 Å². The molecule has 0 saturated carbocycles. The largest absolute Gasteiger partial charge is 0.351 e. The number of nitrogens with zero attached hydrogens (tertiary/aromatic N) is 7. The molecule has 1 aliphatic heterocycles. The summed E-state index contributed by atoms with van der Waals surface area (Å²) in [7, 11) is 0. The SMILES string of the molecule is O=C(Cn1cnc2ccccc2c1=O)NC1CCN(c2nccn3cnnc23)C1. The second kappa shape index (κ2) is 6.97. The zero-order valence-electron chi connectivity index (χ0n) is 15.5. The molecule has 4 heterocycles. The monoisotopic (exact) mass is 390 g/mol. The van der Waals surface area contributed by atoms with Gasteiger partial charge in [0.1, 0.15) is 12.9 Å². The molecule has 0 aliphatic carbocycles. The van der Waals surface area contributed by atoms with Crippen LogP contribution >= 0.6 is 0 Å². The number of anilines is 1. The van der Waals surface area contributed by atoms with E-state index in [2.05, 4.69) is 30.4 Å². The summed E-state index contributed by atoms with van der Waals surface area (Å²) in [6, 6.07) is 7.07. The number of nitrogens with one attached hydrogen (secondary N) is 1. The van der Waals surface area contributed by atoms with Gasteiger partial charge in [-0.3, -0.25) is 18.6 Å². The van der Waals surface area contributed by atoms with Crippen molar-refractivity contribution in [3.63, 3.8) is 0 Å². The maximum absolute atomic E-state index is 12.5. The zero-order valence-corrected chi connectivity index (χ0v) is 15.5. The number of aromatic nitrogens is 6. The Hall–Kier alpha value is -3.82. The lowest BCUT2D eigenvalue weighted by atomic mass is 10.2. The van der Waals surface area contributed by atoms with Crippen molar-refractivity contribution in [2.45, 2.75) is 19.0 Å². The van der Waals surface area contributed by atoms with Gasteiger partial charge >= 0.3 is 0 Å². The van der Waals surface area contributed by atoms with Crippen LogP contribution in [0.5, 0.6) is 0 Å². The molecule has 1 aliphatic rings. The first-order valence-electron chi connectivity index (χ1n) is 9.32. The predicted octanol–water partition coefficient (Wildman–Crippen LogP) is 0.229. The Bertz CT molecular complexity index is 1260. The molecule has 1 aromatic carbocycles. The standard InChI is InChI=1S/C19H18N8O2/c28-16(10-27-11-21-15-4-2-1-3-14(15)19(27)29)23-13-5-7-25(9-13)17-18-24-22-12-26(18)8-6-20-17/h1-4,6,8,11-13H,5,7,9-10H2,(H,23,28). The Morgan fingerprint density at radius 2 is 2.10 bits per heavy atom. The van der Waals surface area contributed by atoms with Crippen LogP contribution in [0.1, 0.15) is 6.42 Å². The van der Waals surface area contributed by atoms with Crippen LogP contribution in [0.4, 0.5) is 5.82 Å². The predicted molar refractivity (Wildman–Crippen MR) is 106 cm³/mol. The average Bonchev–Trinajstić information content (AvgIpc) is 3.39. The number of benzene rings is 1. The molecule has 1 N–H and O–H groups in total. The Morgan fingerprint density at radius 1 is 1.21 bits per heavy atom. The van der Waals surface area contributed by atoms with Gasteiger partial charge in [-0.1, -0.05) is 12.1 Å². The van der Waals surface area contributed by atoms with Crippen LogP contribution < -0.4 is 15.8 Å². The summed E-state index contributed by atoms with van der Waals surface area (Å²) in [5, 5.41) is 11.5. The highest BCUT2D eigenvalue weighted by Gasteiger charge is 2.26. The first kappa shape index (κ1) is 17.3. The minimum Gasteiger partial charge on any atom is -0.351 e. The quantitative estimate of drug-likeness (QED) is 0.531. The molecular weight excluding hydrogens is 372 g/mol. The molecule has 0 spiro atoms. The lowest BCUT2D eigenvalue weighted by molar-refractivity contribution is -0.122. The van der Waals surface area contributed by atoms with Crippen molar-refractivity contribution in [2.75, 3.05) is 18.0 Å². The summed E-state index contributed by atoms with van der Waals surface area (Å²) in [6.07, 6.45) is 7.33. The Balaban J connectivity index is 1.27. The summed E-state index contributed by atoms with van der Waals surface area (Å²) in [5.41, 5.74) is 1.09. The van der Waals surface area contributed by atoms with Crippen LogP contribution in [0, 0.1) is 0 Å². The third-order valence-electron chi connectivity index (χ3n) is 5.10. The molecule has 1 atom stereocenters. The van der Waals surface area contributed by atoms with E-state index in [1.807, 2.05) is 10.5 Å². The summed E-state index contributed by atoms with van der Waals surface area (Å²) >= 11 is 0. The second-order valence-electron chi connectivity index (χ2n) is 7.01. The number of fused-ring (bicyclic) bond motifs is 2. The molecule has 4 aromatic rings. The van der Waals surface area contributed by atoms with Crippen molar-refractivity contribution < 1.29 is 4.79 Å². The second-order valence-corrected chi connectivity index (χ2v) is 7.01. The number of carbonyl (C=O) groups excluding carboxylic acids is 1. The average molecular weight is 390 g/mol. The molecule has 5 rings (SSSR count). The van der Waals surface area contributed by atoms with Gasteiger partial charge in [0.05, 0.1) is 17.2 Å². The van der Waals surface area contributed by atoms with Gasteiger partial charge in [0.15, 0.2) is 5.82 Å². The molecule has 3 aromatic heterocycles. The minimum absolute atomic E-state index is 0.0309. The molecule has 10 nitrogen and oxygen atoms in total. The maximum atomic E-state index is 12.5. The first-order valence-corrected chi connectivity index (χ1v) is 9.32. The van der Waals surface area contributed by atoms with Crippen molar-refractivity contribution in [3.8, 4) is 0 Å². The molecule has 1 saturated heterocycles. The van der Waals surface area contributed by atoms with E-state index in [0.29, 0.717) is 23.1 Å². The van der Waals surface area contributed by atoms with Crippen molar-refractivity contribution in [2.24, 2.45) is 0 Å². The van der Waals surface area contributed by atoms with Gasteiger partial charge in [0, 0.05) is 31.5 Å². The molecule has 1 amide bonds. The van der Waals surface area contributed by atoms with Crippen LogP contribution in [0.3, 0.4) is 0 Å². The highest BCUT2D eigenvalue weighted by Crippen LogP contribution is 2.21. The van der Waals surface area contributed by atoms with Gasteiger partial charge < -0.3 is 10.2 Å². The summed E-state index contributed by atoms with van der Waals surface area (Å²) in [5.74, 6) is 0.529. The molecular formula is C19H18N8O2. The van der Waals surface area contributed by atoms with Crippen molar-refractivity contribution in [1.29, 1.82) is 0 Å². The van der Waals surface area contributed by atoms with Crippen molar-refractivity contribution >= 4 is 28.3 Å². The number of hydrogen-bond donors (Lipinski definition) is 1. The van der Waals surface area contributed by atoms with E-state index in [1.165, 1.54) is 10.9 Å². The van der Waals surface area contributed by atoms with Gasteiger partial charge in [0.25, 0.3) is 5.56 Å². The molecule has 1 unspecified atom stereocenters. The van der Waals surface area contributed by atoms with E-state index < -0.39 is 0 Å². The number of rotatable bonds is 4. The molecule has 29 heavy (non-hydrogen) atoms. The minimum atomic E-state index is -0.221. The van der Waals surface area contributed by atoms with Gasteiger partial charge in [-0.05, 0) is 18.6 Å². The van der Waals surface area contributed by atoms with Crippen molar-refractivity contribution in [3.05, 3.63) is 59.7 Å². The lowest BCUT2D eigenvalue weighted by Gasteiger charge is -2.18. The van der Waals surface area contributed by atoms with E-state index >= 15 is 0 Å². The third kappa shape index (κ3) is 3.18. The Kier molecular flexibility index (Phi) is 4.15. The molecule has 0 radical (unpaired) electrons. The Labute approximate surface area is 164 Å². The van der Waals surface area contributed by atoms with Gasteiger partial charge in [-0.2, -0.15) is 0 Å². The fraction of sp³-hybridized carbons (Fsp3) is 0.263. The van der Waals surface area contributed by atoms with Gasteiger partial charge in [-0.15, -0.1) is 10.2 Å². The van der Waals surface area contributed by atoms with Gasteiger partial charge in [0.2, 0.25) is 11.6 Å². The highest BCUT2D eigenvalue weighted by molar-refractivity contribution is 5.79. The summed E-state index contributed by atoms with van der Waals surface area (Å²) in [4.78, 5) is 35.8. The number of hydrogen-bond acceptors (Lipinski definition) is 7. The number of para-hydroxylation sites is 1. The Morgan fingerprint density at radius 3 is 3.03 bits per heavy atom. The van der Waals surface area contributed by atoms with Crippen molar-refractivity contribution in [1.82, 2.24) is 34.4 Å².